The van der Waals surface area contributed by atoms with Gasteiger partial charge >= 0.3 is 0 Å². The lowest BCUT2D eigenvalue weighted by molar-refractivity contribution is -0.429. The zero-order chi connectivity index (χ0) is 15.5. The van der Waals surface area contributed by atoms with Crippen molar-refractivity contribution in [2.75, 3.05) is 17.4 Å². The predicted molar refractivity (Wildman–Crippen MR) is 93.3 cm³/mol. The molecule has 4 N–H and O–H groups in total. The molecule has 1 aromatic carbocycles. The van der Waals surface area contributed by atoms with E-state index in [4.69, 9.17) is 11.6 Å². The van der Waals surface area contributed by atoms with Crippen LogP contribution in [-0.2, 0) is 0 Å². The van der Waals surface area contributed by atoms with Gasteiger partial charge in [-0.05, 0) is 24.1 Å². The molecule has 2 heterocycles. The molecule has 3 rings (SSSR count). The van der Waals surface area contributed by atoms with E-state index in [1.165, 1.54) is 0 Å². The second-order valence-corrected chi connectivity index (χ2v) is 7.18. The Labute approximate surface area is 142 Å². The fourth-order valence-electron chi connectivity index (χ4n) is 2.14. The molecule has 2 aromatic rings. The second-order valence-electron chi connectivity index (χ2n) is 4.92. The highest BCUT2D eigenvalue weighted by Gasteiger charge is 2.24. The van der Waals surface area contributed by atoms with Gasteiger partial charge in [-0.1, -0.05) is 35.5 Å². The van der Waals surface area contributed by atoms with Crippen molar-refractivity contribution in [3.8, 4) is 0 Å². The monoisotopic (exact) mass is 354 g/mol. The number of quaternary nitrogens is 1. The number of halogens is 1. The molecule has 1 aliphatic rings. The molecule has 0 saturated heterocycles. The molecule has 0 amide bonds. The third-order valence-electron chi connectivity index (χ3n) is 3.36. The quantitative estimate of drug-likeness (QED) is 0.863. The van der Waals surface area contributed by atoms with Gasteiger partial charge in [-0.25, -0.2) is 4.68 Å². The van der Waals surface area contributed by atoms with Crippen molar-refractivity contribution in [3.63, 3.8) is 0 Å². The Morgan fingerprint density at radius 1 is 1.36 bits per heavy atom. The lowest BCUT2D eigenvalue weighted by atomic mass is 10.2. The molecule has 0 radical (unpaired) electrons. The molecule has 116 valence electrons. The number of hydrogen-bond acceptors (Lipinski definition) is 5. The van der Waals surface area contributed by atoms with E-state index >= 15 is 0 Å². The molecule has 22 heavy (non-hydrogen) atoms. The van der Waals surface area contributed by atoms with Crippen molar-refractivity contribution >= 4 is 40.8 Å². The molecule has 0 aliphatic carbocycles. The number of fused-ring (bicyclic) bond motifs is 1. The van der Waals surface area contributed by atoms with Crippen molar-refractivity contribution in [1.29, 1.82) is 0 Å². The van der Waals surface area contributed by atoms with Gasteiger partial charge in [-0.2, -0.15) is 11.8 Å². The number of nitrogens with zero attached hydrogens (tertiary/aromatic N) is 3. The Balaban J connectivity index is 1.82. The Kier molecular flexibility index (Phi) is 4.97. The van der Waals surface area contributed by atoms with Crippen LogP contribution < -0.4 is 11.2 Å². The van der Waals surface area contributed by atoms with Crippen molar-refractivity contribution in [2.45, 2.75) is 17.6 Å². The molecule has 0 saturated carbocycles. The maximum Gasteiger partial charge on any atom is 0.214 e. The van der Waals surface area contributed by atoms with E-state index in [9.17, 15) is 0 Å². The van der Waals surface area contributed by atoms with Crippen LogP contribution in [0.5, 0.6) is 0 Å². The zero-order valence-corrected chi connectivity index (χ0v) is 14.5. The topological polar surface area (TPSA) is 70.4 Å². The van der Waals surface area contributed by atoms with Gasteiger partial charge in [0.15, 0.2) is 0 Å². The fraction of sp³-hybridized carbons (Fsp3) is 0.286. The number of rotatable bonds is 5. The number of thioether (sulfide) groups is 2. The minimum atomic E-state index is 0.117. The van der Waals surface area contributed by atoms with Gasteiger partial charge in [0.25, 0.3) is 0 Å². The number of aromatic nitrogens is 3. The molecule has 0 fully saturated rings. The summed E-state index contributed by atoms with van der Waals surface area (Å²) in [5.74, 6) is 1.93. The first-order chi connectivity index (χ1) is 10.7. The Hall–Kier alpha value is -1.15. The first-order valence-corrected chi connectivity index (χ1v) is 9.51. The standard InChI is InChI=1S/C14H16ClN5S2/c1-21-7-6-11(16)13-17-18-14-20(13)19-12(8-22-14)9-2-4-10(15)5-3-9/h2-5,8,11,19H,6-7,16H2,1H3/p+1/t11-/m0/s1. The average molecular weight is 355 g/mol. The molecule has 0 unspecified atom stereocenters. The van der Waals surface area contributed by atoms with Crippen LogP contribution in [0.15, 0.2) is 34.8 Å². The summed E-state index contributed by atoms with van der Waals surface area (Å²) in [6, 6.07) is 7.87. The van der Waals surface area contributed by atoms with E-state index in [-0.39, 0.29) is 6.04 Å². The Morgan fingerprint density at radius 3 is 2.86 bits per heavy atom. The van der Waals surface area contributed by atoms with Crippen LogP contribution in [-0.4, -0.2) is 26.9 Å². The van der Waals surface area contributed by atoms with Crippen LogP contribution in [0, 0.1) is 0 Å². The van der Waals surface area contributed by atoms with Gasteiger partial charge in [0, 0.05) is 22.4 Å². The van der Waals surface area contributed by atoms with Crippen LogP contribution in [0.3, 0.4) is 0 Å². The molecule has 5 nitrogen and oxygen atoms in total. The minimum Gasteiger partial charge on any atom is -0.349 e. The van der Waals surface area contributed by atoms with E-state index in [0.717, 1.165) is 39.4 Å². The Bertz CT molecular complexity index is 683. The van der Waals surface area contributed by atoms with E-state index in [1.807, 2.05) is 46.1 Å². The zero-order valence-electron chi connectivity index (χ0n) is 12.1. The maximum atomic E-state index is 5.95. The van der Waals surface area contributed by atoms with Gasteiger partial charge in [-0.3, -0.25) is 5.43 Å². The summed E-state index contributed by atoms with van der Waals surface area (Å²) < 4.78 is 1.94. The lowest BCUT2D eigenvalue weighted by Crippen LogP contribution is -2.55. The third kappa shape index (κ3) is 3.27. The summed E-state index contributed by atoms with van der Waals surface area (Å²) in [4.78, 5) is 0. The first kappa shape index (κ1) is 15.7. The van der Waals surface area contributed by atoms with Crippen LogP contribution in [0.25, 0.3) is 5.70 Å². The SMILES string of the molecule is CSCC[C@H]([NH3+])c1nnc2n1NC(c1ccc(Cl)cc1)=CS2. The first-order valence-electron chi connectivity index (χ1n) is 6.86. The number of benzene rings is 1. The van der Waals surface area contributed by atoms with Crippen molar-refractivity contribution in [1.82, 2.24) is 14.9 Å². The number of nitrogens with one attached hydrogen (secondary N) is 1. The minimum absolute atomic E-state index is 0.117. The molecule has 8 heteroatoms. The van der Waals surface area contributed by atoms with Crippen LogP contribution in [0.4, 0.5) is 0 Å². The van der Waals surface area contributed by atoms with E-state index in [0.29, 0.717) is 0 Å². The Morgan fingerprint density at radius 2 is 2.14 bits per heavy atom. The molecular formula is C14H17ClN5S2+. The van der Waals surface area contributed by atoms with Gasteiger partial charge in [-0.15, -0.1) is 10.2 Å². The molecule has 1 aliphatic heterocycles. The summed E-state index contributed by atoms with van der Waals surface area (Å²) in [7, 11) is 0. The third-order valence-corrected chi connectivity index (χ3v) is 5.09. The van der Waals surface area contributed by atoms with Gasteiger partial charge in [0.05, 0.1) is 5.70 Å². The second kappa shape index (κ2) is 6.95. The predicted octanol–water partition coefficient (Wildman–Crippen LogP) is 2.62. The van der Waals surface area contributed by atoms with Crippen LogP contribution >= 0.6 is 35.1 Å². The van der Waals surface area contributed by atoms with Crippen LogP contribution in [0.1, 0.15) is 23.9 Å². The summed E-state index contributed by atoms with van der Waals surface area (Å²) >= 11 is 9.32. The largest absolute Gasteiger partial charge is 0.349 e. The molecule has 1 atom stereocenters. The van der Waals surface area contributed by atoms with Gasteiger partial charge in [0.1, 0.15) is 6.04 Å². The summed E-state index contributed by atoms with van der Waals surface area (Å²) in [6.07, 6.45) is 3.08. The van der Waals surface area contributed by atoms with Crippen molar-refractivity contribution < 1.29 is 5.73 Å². The number of hydrogen-bond donors (Lipinski definition) is 2. The summed E-state index contributed by atoms with van der Waals surface area (Å²) in [5.41, 5.74) is 9.68. The molecule has 0 bridgehead atoms. The van der Waals surface area contributed by atoms with E-state index in [2.05, 4.69) is 27.6 Å². The fourth-order valence-corrected chi connectivity index (χ4v) is 3.53. The smallest absolute Gasteiger partial charge is 0.214 e. The highest BCUT2D eigenvalue weighted by Crippen LogP contribution is 2.30. The molecule has 0 spiro atoms. The van der Waals surface area contributed by atoms with Crippen molar-refractivity contribution in [3.05, 3.63) is 46.1 Å². The highest BCUT2D eigenvalue weighted by atomic mass is 35.5. The van der Waals surface area contributed by atoms with Crippen LogP contribution in [0.2, 0.25) is 5.02 Å². The normalized spacial score (nSPS) is 15.0. The van der Waals surface area contributed by atoms with Crippen molar-refractivity contribution in [2.24, 2.45) is 0 Å². The summed E-state index contributed by atoms with van der Waals surface area (Å²) in [5, 5.41) is 12.1. The summed E-state index contributed by atoms with van der Waals surface area (Å²) in [6.45, 7) is 0. The van der Waals surface area contributed by atoms with Gasteiger partial charge < -0.3 is 5.73 Å². The average Bonchev–Trinajstić information content (AvgIpc) is 2.96. The van der Waals surface area contributed by atoms with E-state index < -0.39 is 0 Å². The molecule has 1 aromatic heterocycles. The van der Waals surface area contributed by atoms with Gasteiger partial charge in [0.2, 0.25) is 11.0 Å². The highest BCUT2D eigenvalue weighted by molar-refractivity contribution is 8.02. The van der Waals surface area contributed by atoms with E-state index in [1.54, 1.807) is 11.8 Å². The molecular weight excluding hydrogens is 338 g/mol. The lowest BCUT2D eigenvalue weighted by Gasteiger charge is -2.20. The maximum absolute atomic E-state index is 5.95.